The first-order valence-corrected chi connectivity index (χ1v) is 8.54. The van der Waals surface area contributed by atoms with Gasteiger partial charge in [0, 0.05) is 24.5 Å². The molecule has 2 rings (SSSR count). The van der Waals surface area contributed by atoms with Crippen molar-refractivity contribution in [1.29, 1.82) is 0 Å². The molecule has 1 saturated heterocycles. The number of aryl methyl sites for hydroxylation is 2. The molecular weight excluding hydrogens is 284 g/mol. The fourth-order valence-corrected chi connectivity index (χ4v) is 3.65. The van der Waals surface area contributed by atoms with Crippen molar-refractivity contribution in [2.45, 2.75) is 71.5 Å². The molecule has 1 aromatic heterocycles. The predicted molar refractivity (Wildman–Crippen MR) is 88.8 cm³/mol. The first kappa shape index (κ1) is 16.8. The molecule has 0 bridgehead atoms. The minimum absolute atomic E-state index is 0.0383. The maximum atomic E-state index is 6.63. The van der Waals surface area contributed by atoms with E-state index in [9.17, 15) is 0 Å². The Bertz CT molecular complexity index is 479. The number of aromatic nitrogens is 2. The quantitative estimate of drug-likeness (QED) is 0.878. The average molecular weight is 313 g/mol. The molecule has 1 fully saturated rings. The highest BCUT2D eigenvalue weighted by Gasteiger charge is 2.38. The van der Waals surface area contributed by atoms with Crippen molar-refractivity contribution < 1.29 is 0 Å². The number of nitrogens with two attached hydrogens (primary N) is 1. The van der Waals surface area contributed by atoms with Gasteiger partial charge in [-0.25, -0.2) is 0 Å². The summed E-state index contributed by atoms with van der Waals surface area (Å²) in [5.41, 5.74) is 8.66. The first-order chi connectivity index (χ1) is 9.93. The van der Waals surface area contributed by atoms with Crippen LogP contribution in [0.5, 0.6) is 0 Å². The fourth-order valence-electron chi connectivity index (χ4n) is 3.44. The average Bonchev–Trinajstić information content (AvgIpc) is 3.10. The van der Waals surface area contributed by atoms with Crippen molar-refractivity contribution in [1.82, 2.24) is 14.7 Å². The highest BCUT2D eigenvalue weighted by atomic mass is 35.5. The third-order valence-electron chi connectivity index (χ3n) is 5.21. The third kappa shape index (κ3) is 3.13. The topological polar surface area (TPSA) is 47.1 Å². The van der Waals surface area contributed by atoms with Crippen LogP contribution in [0.1, 0.15) is 51.4 Å². The van der Waals surface area contributed by atoms with Crippen molar-refractivity contribution in [3.63, 3.8) is 0 Å². The Balaban J connectivity index is 2.21. The van der Waals surface area contributed by atoms with Gasteiger partial charge in [0.05, 0.1) is 16.4 Å². The van der Waals surface area contributed by atoms with E-state index < -0.39 is 0 Å². The lowest BCUT2D eigenvalue weighted by Crippen LogP contribution is -2.57. The van der Waals surface area contributed by atoms with Crippen LogP contribution in [-0.2, 0) is 13.0 Å². The second-order valence-corrected chi connectivity index (χ2v) is 6.76. The summed E-state index contributed by atoms with van der Waals surface area (Å²) < 4.78 is 2.00. The molecule has 2 unspecified atom stereocenters. The largest absolute Gasteiger partial charge is 0.326 e. The molecule has 0 amide bonds. The van der Waals surface area contributed by atoms with Crippen LogP contribution in [0.25, 0.3) is 0 Å². The molecule has 0 radical (unpaired) electrons. The summed E-state index contributed by atoms with van der Waals surface area (Å²) in [7, 11) is 0. The van der Waals surface area contributed by atoms with E-state index in [-0.39, 0.29) is 11.6 Å². The van der Waals surface area contributed by atoms with Gasteiger partial charge in [0.15, 0.2) is 0 Å². The Morgan fingerprint density at radius 2 is 1.95 bits per heavy atom. The zero-order valence-corrected chi connectivity index (χ0v) is 14.6. The molecule has 0 aromatic carbocycles. The Morgan fingerprint density at radius 1 is 1.33 bits per heavy atom. The minimum Gasteiger partial charge on any atom is -0.326 e. The van der Waals surface area contributed by atoms with E-state index in [0.29, 0.717) is 0 Å². The highest BCUT2D eigenvalue weighted by Crippen LogP contribution is 2.30. The lowest BCUT2D eigenvalue weighted by molar-refractivity contribution is 0.0991. The lowest BCUT2D eigenvalue weighted by atomic mass is 9.85. The molecule has 1 aromatic rings. The molecule has 0 spiro atoms. The predicted octanol–water partition coefficient (Wildman–Crippen LogP) is 3.00. The molecule has 1 aliphatic rings. The molecule has 0 saturated carbocycles. The molecule has 21 heavy (non-hydrogen) atoms. The zero-order chi connectivity index (χ0) is 15.6. The molecule has 2 N–H and O–H groups in total. The number of hydrogen-bond donors (Lipinski definition) is 1. The van der Waals surface area contributed by atoms with Crippen LogP contribution in [0, 0.1) is 6.92 Å². The summed E-state index contributed by atoms with van der Waals surface area (Å²) in [5, 5.41) is 5.29. The molecule has 0 aliphatic carbocycles. The van der Waals surface area contributed by atoms with Gasteiger partial charge < -0.3 is 5.73 Å². The molecule has 4 nitrogen and oxygen atoms in total. The minimum atomic E-state index is 0.0383. The normalized spacial score (nSPS) is 20.7. The number of likely N-dealkylation sites (tertiary alicyclic amines) is 1. The van der Waals surface area contributed by atoms with Gasteiger partial charge in [0.2, 0.25) is 0 Å². The van der Waals surface area contributed by atoms with Gasteiger partial charge in [-0.05, 0) is 53.1 Å². The van der Waals surface area contributed by atoms with E-state index in [0.717, 1.165) is 48.9 Å². The smallest absolute Gasteiger partial charge is 0.0847 e. The van der Waals surface area contributed by atoms with Crippen molar-refractivity contribution in [2.75, 3.05) is 13.1 Å². The summed E-state index contributed by atoms with van der Waals surface area (Å²) in [6.45, 7) is 11.8. The van der Waals surface area contributed by atoms with Gasteiger partial charge in [-0.1, -0.05) is 18.5 Å². The fraction of sp³-hybridized carbons (Fsp3) is 0.812. The molecular formula is C16H29ClN4. The summed E-state index contributed by atoms with van der Waals surface area (Å²) >= 11 is 6.44. The maximum absolute atomic E-state index is 6.63. The van der Waals surface area contributed by atoms with Gasteiger partial charge >= 0.3 is 0 Å². The van der Waals surface area contributed by atoms with E-state index in [1.54, 1.807) is 0 Å². The number of nitrogens with zero attached hydrogens (tertiary/aromatic N) is 3. The van der Waals surface area contributed by atoms with Crippen LogP contribution in [-0.4, -0.2) is 39.4 Å². The van der Waals surface area contributed by atoms with Crippen LogP contribution in [0.15, 0.2) is 0 Å². The number of hydrogen-bond acceptors (Lipinski definition) is 3. The van der Waals surface area contributed by atoms with Crippen LogP contribution in [0.4, 0.5) is 0 Å². The Hall–Kier alpha value is -0.580. The van der Waals surface area contributed by atoms with Crippen LogP contribution in [0.2, 0.25) is 5.02 Å². The SMILES string of the molecule is CCn1nc(C)c(Cl)c1CC(N)C(C)(CC)N1CCCC1. The van der Waals surface area contributed by atoms with E-state index in [1.165, 1.54) is 12.8 Å². The van der Waals surface area contributed by atoms with E-state index in [2.05, 4.69) is 30.8 Å². The van der Waals surface area contributed by atoms with Gasteiger partial charge in [0.1, 0.15) is 0 Å². The summed E-state index contributed by atoms with van der Waals surface area (Å²) in [4.78, 5) is 2.56. The lowest BCUT2D eigenvalue weighted by Gasteiger charge is -2.43. The molecule has 2 heterocycles. The highest BCUT2D eigenvalue weighted by molar-refractivity contribution is 6.31. The summed E-state index contributed by atoms with van der Waals surface area (Å²) in [6.07, 6.45) is 4.42. The molecule has 2 atom stereocenters. The van der Waals surface area contributed by atoms with E-state index in [1.807, 2.05) is 11.6 Å². The third-order valence-corrected chi connectivity index (χ3v) is 5.70. The van der Waals surface area contributed by atoms with Crippen molar-refractivity contribution in [2.24, 2.45) is 5.73 Å². The van der Waals surface area contributed by atoms with Crippen molar-refractivity contribution in [3.05, 3.63) is 16.4 Å². The zero-order valence-electron chi connectivity index (χ0n) is 13.8. The first-order valence-electron chi connectivity index (χ1n) is 8.16. The second-order valence-electron chi connectivity index (χ2n) is 6.38. The van der Waals surface area contributed by atoms with Gasteiger partial charge in [-0.15, -0.1) is 0 Å². The Morgan fingerprint density at radius 3 is 2.48 bits per heavy atom. The Kier molecular flexibility index (Phi) is 5.33. The van der Waals surface area contributed by atoms with Crippen LogP contribution >= 0.6 is 11.6 Å². The van der Waals surface area contributed by atoms with Gasteiger partial charge in [-0.2, -0.15) is 5.10 Å². The summed E-state index contributed by atoms with van der Waals surface area (Å²) in [5.74, 6) is 0. The summed E-state index contributed by atoms with van der Waals surface area (Å²) in [6, 6.07) is 0.0690. The van der Waals surface area contributed by atoms with Gasteiger partial charge in [0.25, 0.3) is 0 Å². The van der Waals surface area contributed by atoms with E-state index >= 15 is 0 Å². The van der Waals surface area contributed by atoms with Crippen LogP contribution in [0.3, 0.4) is 0 Å². The molecule has 120 valence electrons. The molecule has 1 aliphatic heterocycles. The van der Waals surface area contributed by atoms with Crippen LogP contribution < -0.4 is 5.73 Å². The van der Waals surface area contributed by atoms with Gasteiger partial charge in [-0.3, -0.25) is 9.58 Å². The van der Waals surface area contributed by atoms with E-state index in [4.69, 9.17) is 17.3 Å². The van der Waals surface area contributed by atoms with Crippen molar-refractivity contribution in [3.8, 4) is 0 Å². The van der Waals surface area contributed by atoms with Crippen molar-refractivity contribution >= 4 is 11.6 Å². The number of rotatable bonds is 6. The standard InChI is InChI=1S/C16H29ClN4/c1-5-16(4,20-9-7-8-10-20)14(18)11-13-15(17)12(3)19-21(13)6-2/h14H,5-11,18H2,1-4H3. The molecule has 5 heteroatoms. The maximum Gasteiger partial charge on any atom is 0.0847 e. The Labute approximate surface area is 133 Å². The second kappa shape index (κ2) is 6.67. The monoisotopic (exact) mass is 312 g/mol. The number of halogens is 1.